The molecule has 0 fully saturated rings. The summed E-state index contributed by atoms with van der Waals surface area (Å²) in [6.07, 6.45) is 10.1. The molecule has 0 saturated carbocycles. The monoisotopic (exact) mass is 106 g/mol. The molecule has 2 rings (SSSR count). The first-order chi connectivity index (χ1) is 3.97. The Kier molecular flexibility index (Phi) is 0.806. The van der Waals surface area contributed by atoms with Gasteiger partial charge in [-0.05, 0) is 36.8 Å². The van der Waals surface area contributed by atoms with Crippen molar-refractivity contribution in [2.45, 2.75) is 25.7 Å². The van der Waals surface area contributed by atoms with E-state index in [9.17, 15) is 0 Å². The molecule has 0 aromatic heterocycles. The third-order valence-corrected chi connectivity index (χ3v) is 2.02. The predicted octanol–water partition coefficient (Wildman–Crippen LogP) is 2.43. The maximum Gasteiger partial charge on any atom is -0.00921 e. The average molecular weight is 106 g/mol. The molecule has 0 heteroatoms. The molecular weight excluding hydrogens is 96.1 g/mol. The lowest BCUT2D eigenvalue weighted by atomic mass is 9.83. The van der Waals surface area contributed by atoms with E-state index in [1.165, 1.54) is 25.7 Å². The van der Waals surface area contributed by atoms with E-state index in [4.69, 9.17) is 0 Å². The largest absolute Gasteiger partial charge is 0.0807 e. The molecule has 2 aliphatic carbocycles. The van der Waals surface area contributed by atoms with E-state index in [-0.39, 0.29) is 0 Å². The van der Waals surface area contributed by atoms with Crippen molar-refractivity contribution in [3.05, 3.63) is 23.3 Å². The number of fused-ring (bicyclic) bond motifs is 1. The van der Waals surface area contributed by atoms with Crippen LogP contribution in [0.25, 0.3) is 0 Å². The fourth-order valence-corrected chi connectivity index (χ4v) is 1.41. The smallest absolute Gasteiger partial charge is 0.00921 e. The minimum Gasteiger partial charge on any atom is -0.0807 e. The molecule has 0 amide bonds. The molecule has 0 saturated heterocycles. The molecule has 8 heavy (non-hydrogen) atoms. The maximum atomic E-state index is 2.39. The molecule has 0 heterocycles. The molecule has 0 spiro atoms. The second kappa shape index (κ2) is 1.48. The van der Waals surface area contributed by atoms with E-state index < -0.39 is 0 Å². The normalized spacial score (nSPS) is 25.0. The van der Waals surface area contributed by atoms with E-state index in [1.54, 1.807) is 11.1 Å². The lowest BCUT2D eigenvalue weighted by molar-refractivity contribution is 0.764. The van der Waals surface area contributed by atoms with Crippen LogP contribution in [0.15, 0.2) is 23.3 Å². The third kappa shape index (κ3) is 0.459. The van der Waals surface area contributed by atoms with Gasteiger partial charge < -0.3 is 0 Å². The van der Waals surface area contributed by atoms with Crippen LogP contribution in [-0.2, 0) is 0 Å². The highest BCUT2D eigenvalue weighted by atomic mass is 14.2. The molecule has 0 aliphatic heterocycles. The van der Waals surface area contributed by atoms with Crippen LogP contribution in [0.2, 0.25) is 0 Å². The topological polar surface area (TPSA) is 0 Å². The zero-order valence-corrected chi connectivity index (χ0v) is 4.98. The summed E-state index contributed by atoms with van der Waals surface area (Å²) in [5.74, 6) is 0. The highest BCUT2D eigenvalue weighted by molar-refractivity contribution is 5.43. The first-order valence-corrected chi connectivity index (χ1v) is 3.35. The number of hydrogen-bond donors (Lipinski definition) is 0. The van der Waals surface area contributed by atoms with Crippen molar-refractivity contribution in [3.63, 3.8) is 0 Å². The molecule has 0 radical (unpaired) electrons. The Morgan fingerprint density at radius 3 is 2.50 bits per heavy atom. The molecule has 0 unspecified atom stereocenters. The Morgan fingerprint density at radius 1 is 1.12 bits per heavy atom. The minimum atomic E-state index is 1.26. The molecule has 0 aromatic carbocycles. The van der Waals surface area contributed by atoms with Crippen LogP contribution in [0.3, 0.4) is 0 Å². The Hall–Kier alpha value is -0.520. The second-order valence-electron chi connectivity index (χ2n) is 2.56. The lowest BCUT2D eigenvalue weighted by Crippen LogP contribution is -2.03. The van der Waals surface area contributed by atoms with E-state index in [2.05, 4.69) is 12.2 Å². The van der Waals surface area contributed by atoms with Crippen LogP contribution in [0, 0.1) is 0 Å². The van der Waals surface area contributed by atoms with Crippen LogP contribution in [0.4, 0.5) is 0 Å². The van der Waals surface area contributed by atoms with Gasteiger partial charge in [0.2, 0.25) is 0 Å². The van der Waals surface area contributed by atoms with Gasteiger partial charge in [-0.3, -0.25) is 0 Å². The second-order valence-corrected chi connectivity index (χ2v) is 2.56. The van der Waals surface area contributed by atoms with Crippen molar-refractivity contribution < 1.29 is 0 Å². The quantitative estimate of drug-likeness (QED) is 0.445. The first-order valence-electron chi connectivity index (χ1n) is 3.35. The zero-order chi connectivity index (χ0) is 5.40. The highest BCUT2D eigenvalue weighted by Gasteiger charge is 2.14. The van der Waals surface area contributed by atoms with Gasteiger partial charge in [-0.2, -0.15) is 0 Å². The highest BCUT2D eigenvalue weighted by Crippen LogP contribution is 2.34. The summed E-state index contributed by atoms with van der Waals surface area (Å²) in [5, 5.41) is 0. The molecular formula is C8H10. The summed E-state index contributed by atoms with van der Waals surface area (Å²) in [5.41, 5.74) is 3.27. The molecule has 0 bridgehead atoms. The maximum absolute atomic E-state index is 2.39. The van der Waals surface area contributed by atoms with Gasteiger partial charge >= 0.3 is 0 Å². The Morgan fingerprint density at radius 2 is 2.12 bits per heavy atom. The van der Waals surface area contributed by atoms with Crippen molar-refractivity contribution in [1.82, 2.24) is 0 Å². The molecule has 0 aromatic rings. The summed E-state index contributed by atoms with van der Waals surface area (Å²) >= 11 is 0. The molecule has 0 N–H and O–H groups in total. The summed E-state index contributed by atoms with van der Waals surface area (Å²) in [7, 11) is 0. The van der Waals surface area contributed by atoms with Gasteiger partial charge in [0.15, 0.2) is 0 Å². The van der Waals surface area contributed by atoms with E-state index in [0.29, 0.717) is 0 Å². The van der Waals surface area contributed by atoms with Crippen LogP contribution in [0.1, 0.15) is 25.7 Å². The molecule has 42 valence electrons. The van der Waals surface area contributed by atoms with Crippen LogP contribution >= 0.6 is 0 Å². The van der Waals surface area contributed by atoms with E-state index in [1.807, 2.05) is 0 Å². The summed E-state index contributed by atoms with van der Waals surface area (Å²) < 4.78 is 0. The summed E-state index contributed by atoms with van der Waals surface area (Å²) in [6.45, 7) is 0. The number of rotatable bonds is 0. The van der Waals surface area contributed by atoms with Crippen molar-refractivity contribution in [1.29, 1.82) is 0 Å². The summed E-state index contributed by atoms with van der Waals surface area (Å²) in [6, 6.07) is 0. The van der Waals surface area contributed by atoms with Crippen LogP contribution in [-0.4, -0.2) is 0 Å². The van der Waals surface area contributed by atoms with Gasteiger partial charge in [-0.25, -0.2) is 0 Å². The van der Waals surface area contributed by atoms with Gasteiger partial charge in [-0.15, -0.1) is 0 Å². The van der Waals surface area contributed by atoms with Crippen LogP contribution in [0.5, 0.6) is 0 Å². The Labute approximate surface area is 49.9 Å². The fourth-order valence-electron chi connectivity index (χ4n) is 1.41. The van der Waals surface area contributed by atoms with Crippen molar-refractivity contribution >= 4 is 0 Å². The number of hydrogen-bond acceptors (Lipinski definition) is 0. The summed E-state index contributed by atoms with van der Waals surface area (Å²) in [4.78, 5) is 0. The zero-order valence-electron chi connectivity index (χ0n) is 4.98. The minimum absolute atomic E-state index is 1.26. The van der Waals surface area contributed by atoms with E-state index >= 15 is 0 Å². The molecule has 2 aliphatic rings. The van der Waals surface area contributed by atoms with Crippen LogP contribution < -0.4 is 0 Å². The standard InChI is InChI=1S/C8H10/c1-2-4-8-6-5-7(8)3-1/h3,6H,1-2,4-5H2. The van der Waals surface area contributed by atoms with Crippen molar-refractivity contribution in [2.24, 2.45) is 0 Å². The molecule has 0 nitrogen and oxygen atoms in total. The average Bonchev–Trinajstić information content (AvgIpc) is 1.72. The number of allylic oxidation sites excluding steroid dienone is 4. The fraction of sp³-hybridized carbons (Fsp3) is 0.500. The van der Waals surface area contributed by atoms with Gasteiger partial charge in [0.05, 0.1) is 0 Å². The SMILES string of the molecule is C1=C2CC=C2CCC1. The lowest BCUT2D eigenvalue weighted by Gasteiger charge is -2.22. The Balaban J connectivity index is 2.31. The third-order valence-electron chi connectivity index (χ3n) is 2.02. The van der Waals surface area contributed by atoms with Gasteiger partial charge in [0.1, 0.15) is 0 Å². The van der Waals surface area contributed by atoms with E-state index in [0.717, 1.165) is 0 Å². The van der Waals surface area contributed by atoms with Gasteiger partial charge in [0, 0.05) is 0 Å². The van der Waals surface area contributed by atoms with Crippen molar-refractivity contribution in [3.8, 4) is 0 Å². The van der Waals surface area contributed by atoms with Gasteiger partial charge in [-0.1, -0.05) is 12.2 Å². The Bertz CT molecular complexity index is 161. The van der Waals surface area contributed by atoms with Crippen molar-refractivity contribution in [2.75, 3.05) is 0 Å². The molecule has 0 atom stereocenters. The predicted molar refractivity (Wildman–Crippen MR) is 34.6 cm³/mol. The first kappa shape index (κ1) is 4.37. The van der Waals surface area contributed by atoms with Gasteiger partial charge in [0.25, 0.3) is 0 Å².